The van der Waals surface area contributed by atoms with E-state index in [2.05, 4.69) is 15.5 Å². The summed E-state index contributed by atoms with van der Waals surface area (Å²) in [5.41, 5.74) is -1.03. The molecule has 1 saturated heterocycles. The Bertz CT molecular complexity index is 548. The van der Waals surface area contributed by atoms with Gasteiger partial charge in [-0.05, 0) is 50.0 Å². The first kappa shape index (κ1) is 16.1. The molecule has 0 spiro atoms. The summed E-state index contributed by atoms with van der Waals surface area (Å²) in [7, 11) is 0. The Hall–Kier alpha value is -1.73. The van der Waals surface area contributed by atoms with Crippen molar-refractivity contribution in [3.05, 3.63) is 18.0 Å². The molecule has 3 rings (SSSR count). The van der Waals surface area contributed by atoms with Crippen LogP contribution in [0, 0.1) is 5.92 Å². The number of likely N-dealkylation sites (tertiary alicyclic amines) is 1. The molecule has 0 aromatic carbocycles. The maximum absolute atomic E-state index is 13.3. The van der Waals surface area contributed by atoms with Gasteiger partial charge < -0.3 is 10.2 Å². The number of carbonyl (C=O) groups is 1. The lowest BCUT2D eigenvalue weighted by Gasteiger charge is -2.37. The van der Waals surface area contributed by atoms with Gasteiger partial charge in [-0.25, -0.2) is 4.79 Å². The molecule has 2 fully saturated rings. The lowest BCUT2D eigenvalue weighted by atomic mass is 9.91. The zero-order chi connectivity index (χ0) is 16.7. The van der Waals surface area contributed by atoms with E-state index in [1.165, 1.54) is 4.90 Å². The van der Waals surface area contributed by atoms with Gasteiger partial charge in [0.1, 0.15) is 5.54 Å². The van der Waals surface area contributed by atoms with Crippen LogP contribution in [0.3, 0.4) is 0 Å². The van der Waals surface area contributed by atoms with Crippen LogP contribution in [0.1, 0.15) is 44.1 Å². The molecule has 2 amide bonds. The number of rotatable bonds is 3. The number of H-pyrrole nitrogens is 1. The number of aromatic amines is 1. The topological polar surface area (TPSA) is 61.0 Å². The standard InChI is InChI=1S/C15H21F3N4O/c1-14(12-2-3-12,15(16,17)18)21-13(23)22-6-4-10(5-7-22)11-8-19-20-9-11/h8-10,12H,2-7H2,1H3,(H,19,20)(H,21,23). The van der Waals surface area contributed by atoms with Crippen molar-refractivity contribution in [2.75, 3.05) is 13.1 Å². The van der Waals surface area contributed by atoms with Crippen LogP contribution in [0.15, 0.2) is 12.4 Å². The highest BCUT2D eigenvalue weighted by Crippen LogP contribution is 2.48. The highest BCUT2D eigenvalue weighted by Gasteiger charge is 2.60. The fourth-order valence-corrected chi connectivity index (χ4v) is 3.27. The van der Waals surface area contributed by atoms with E-state index in [4.69, 9.17) is 0 Å². The number of piperidine rings is 1. The molecule has 5 nitrogen and oxygen atoms in total. The predicted octanol–water partition coefficient (Wildman–Crippen LogP) is 3.03. The molecule has 1 saturated carbocycles. The minimum Gasteiger partial charge on any atom is -0.325 e. The van der Waals surface area contributed by atoms with Crippen molar-refractivity contribution < 1.29 is 18.0 Å². The molecular weight excluding hydrogens is 309 g/mol. The highest BCUT2D eigenvalue weighted by molar-refractivity contribution is 5.75. The SMILES string of the molecule is CC(NC(=O)N1CCC(c2cn[nH]c2)CC1)(C1CC1)C(F)(F)F. The van der Waals surface area contributed by atoms with Gasteiger partial charge in [0.15, 0.2) is 0 Å². The van der Waals surface area contributed by atoms with Gasteiger partial charge in [0.2, 0.25) is 0 Å². The summed E-state index contributed by atoms with van der Waals surface area (Å²) in [6, 6.07) is -0.609. The van der Waals surface area contributed by atoms with Crippen molar-refractivity contribution in [3.8, 4) is 0 Å². The Morgan fingerprint density at radius 3 is 2.43 bits per heavy atom. The van der Waals surface area contributed by atoms with Crippen molar-refractivity contribution in [1.29, 1.82) is 0 Å². The van der Waals surface area contributed by atoms with Crippen molar-refractivity contribution in [2.45, 2.75) is 50.2 Å². The summed E-state index contributed by atoms with van der Waals surface area (Å²) in [5.74, 6) is -0.204. The van der Waals surface area contributed by atoms with Crippen LogP contribution in [-0.2, 0) is 0 Å². The van der Waals surface area contributed by atoms with E-state index < -0.39 is 23.7 Å². The van der Waals surface area contributed by atoms with Gasteiger partial charge in [0.25, 0.3) is 0 Å². The van der Waals surface area contributed by atoms with E-state index in [1.54, 1.807) is 6.20 Å². The van der Waals surface area contributed by atoms with Gasteiger partial charge >= 0.3 is 12.2 Å². The predicted molar refractivity (Wildman–Crippen MR) is 77.9 cm³/mol. The van der Waals surface area contributed by atoms with Crippen LogP contribution in [0.2, 0.25) is 0 Å². The fraction of sp³-hybridized carbons (Fsp3) is 0.733. The first-order valence-corrected chi connectivity index (χ1v) is 7.94. The van der Waals surface area contributed by atoms with Gasteiger partial charge in [-0.3, -0.25) is 5.10 Å². The Labute approximate surface area is 132 Å². The summed E-state index contributed by atoms with van der Waals surface area (Å²) in [4.78, 5) is 13.8. The number of carbonyl (C=O) groups excluding carboxylic acids is 1. The van der Waals surface area contributed by atoms with E-state index >= 15 is 0 Å². The summed E-state index contributed by atoms with van der Waals surface area (Å²) >= 11 is 0. The first-order chi connectivity index (χ1) is 10.8. The minimum absolute atomic E-state index is 0.301. The highest BCUT2D eigenvalue weighted by atomic mass is 19.4. The largest absolute Gasteiger partial charge is 0.411 e. The number of aromatic nitrogens is 2. The Balaban J connectivity index is 1.59. The third-order valence-corrected chi connectivity index (χ3v) is 5.12. The number of amides is 2. The van der Waals surface area contributed by atoms with Crippen molar-refractivity contribution in [3.63, 3.8) is 0 Å². The van der Waals surface area contributed by atoms with E-state index in [0.717, 1.165) is 25.3 Å². The molecule has 0 bridgehead atoms. The summed E-state index contributed by atoms with van der Waals surface area (Å²) in [5, 5.41) is 8.93. The quantitative estimate of drug-likeness (QED) is 0.895. The van der Waals surface area contributed by atoms with E-state index in [0.29, 0.717) is 31.8 Å². The Kier molecular flexibility index (Phi) is 4.01. The Morgan fingerprint density at radius 1 is 1.30 bits per heavy atom. The third-order valence-electron chi connectivity index (χ3n) is 5.12. The van der Waals surface area contributed by atoms with E-state index in [1.807, 2.05) is 6.20 Å². The number of alkyl halides is 3. The molecule has 23 heavy (non-hydrogen) atoms. The number of hydrogen-bond acceptors (Lipinski definition) is 2. The molecule has 1 aliphatic carbocycles. The monoisotopic (exact) mass is 330 g/mol. The molecule has 0 radical (unpaired) electrons. The average molecular weight is 330 g/mol. The smallest absolute Gasteiger partial charge is 0.325 e. The molecule has 8 heteroatoms. The van der Waals surface area contributed by atoms with Crippen LogP contribution in [0.25, 0.3) is 0 Å². The van der Waals surface area contributed by atoms with E-state index in [-0.39, 0.29) is 0 Å². The molecule has 2 aliphatic rings. The first-order valence-electron chi connectivity index (χ1n) is 7.94. The normalized spacial score (nSPS) is 22.7. The molecule has 1 aromatic rings. The Morgan fingerprint density at radius 2 is 1.96 bits per heavy atom. The van der Waals surface area contributed by atoms with Crippen molar-refractivity contribution in [1.82, 2.24) is 20.4 Å². The minimum atomic E-state index is -4.43. The second kappa shape index (κ2) is 5.72. The second-order valence-electron chi connectivity index (χ2n) is 6.70. The van der Waals surface area contributed by atoms with Crippen molar-refractivity contribution >= 4 is 6.03 Å². The number of halogens is 3. The number of nitrogens with one attached hydrogen (secondary N) is 2. The van der Waals surface area contributed by atoms with Gasteiger partial charge in [-0.1, -0.05) is 0 Å². The molecule has 2 heterocycles. The second-order valence-corrected chi connectivity index (χ2v) is 6.70. The molecule has 1 atom stereocenters. The average Bonchev–Trinajstić information content (AvgIpc) is 3.22. The zero-order valence-corrected chi connectivity index (χ0v) is 13.0. The molecule has 1 aliphatic heterocycles. The summed E-state index contributed by atoms with van der Waals surface area (Å²) in [6.07, 6.45) is 1.65. The summed E-state index contributed by atoms with van der Waals surface area (Å²) < 4.78 is 40.0. The zero-order valence-electron chi connectivity index (χ0n) is 13.0. The van der Waals surface area contributed by atoms with Crippen LogP contribution < -0.4 is 5.32 Å². The van der Waals surface area contributed by atoms with E-state index in [9.17, 15) is 18.0 Å². The lowest BCUT2D eigenvalue weighted by molar-refractivity contribution is -0.194. The van der Waals surface area contributed by atoms with Crippen LogP contribution in [0.4, 0.5) is 18.0 Å². The van der Waals surface area contributed by atoms with Crippen LogP contribution >= 0.6 is 0 Å². The molecule has 1 unspecified atom stereocenters. The summed E-state index contributed by atoms with van der Waals surface area (Å²) in [6.45, 7) is 2.02. The number of urea groups is 1. The maximum atomic E-state index is 13.3. The molecule has 128 valence electrons. The van der Waals surface area contributed by atoms with Crippen LogP contribution in [0.5, 0.6) is 0 Å². The third kappa shape index (κ3) is 3.16. The van der Waals surface area contributed by atoms with Gasteiger partial charge in [-0.2, -0.15) is 18.3 Å². The lowest BCUT2D eigenvalue weighted by Crippen LogP contribution is -2.61. The number of hydrogen-bond donors (Lipinski definition) is 2. The molecule has 1 aromatic heterocycles. The van der Waals surface area contributed by atoms with Gasteiger partial charge in [0, 0.05) is 19.3 Å². The van der Waals surface area contributed by atoms with Crippen molar-refractivity contribution in [2.24, 2.45) is 5.92 Å². The van der Waals surface area contributed by atoms with Crippen LogP contribution in [-0.4, -0.2) is 45.9 Å². The maximum Gasteiger partial charge on any atom is 0.411 e. The van der Waals surface area contributed by atoms with Gasteiger partial charge in [-0.15, -0.1) is 0 Å². The number of nitrogens with zero attached hydrogens (tertiary/aromatic N) is 2. The fourth-order valence-electron chi connectivity index (χ4n) is 3.27. The molecular formula is C15H21F3N4O. The molecule has 2 N–H and O–H groups in total. The van der Waals surface area contributed by atoms with Gasteiger partial charge in [0.05, 0.1) is 6.20 Å².